The first-order chi connectivity index (χ1) is 18.0. The van der Waals surface area contributed by atoms with Gasteiger partial charge in [-0.15, -0.1) is 10.2 Å². The summed E-state index contributed by atoms with van der Waals surface area (Å²) in [6.45, 7) is 2.14. The third kappa shape index (κ3) is 4.46. The summed E-state index contributed by atoms with van der Waals surface area (Å²) in [5.41, 5.74) is 3.93. The lowest BCUT2D eigenvalue weighted by atomic mass is 9.92. The molecule has 1 atom stereocenters. The van der Waals surface area contributed by atoms with E-state index < -0.39 is 11.7 Å². The van der Waals surface area contributed by atoms with Crippen LogP contribution in [0.15, 0.2) is 49.2 Å². The van der Waals surface area contributed by atoms with E-state index >= 15 is 4.39 Å². The second-order valence-electron chi connectivity index (χ2n) is 9.33. The fourth-order valence-electron chi connectivity index (χ4n) is 4.61. The Balaban J connectivity index is 1.19. The third-order valence-corrected chi connectivity index (χ3v) is 6.64. The largest absolute Gasteiger partial charge is 0.494 e. The molecule has 4 heterocycles. The van der Waals surface area contributed by atoms with Gasteiger partial charge in [0.25, 0.3) is 0 Å². The molecule has 0 N–H and O–H groups in total. The van der Waals surface area contributed by atoms with E-state index in [1.54, 1.807) is 23.9 Å². The quantitative estimate of drug-likeness (QED) is 0.282. The molecule has 0 amide bonds. The molecular formula is C25H24FN9O2. The molecule has 5 aromatic rings. The van der Waals surface area contributed by atoms with Crippen LogP contribution in [0.4, 0.5) is 4.39 Å². The number of methoxy groups -OCH3 is 1. The summed E-state index contributed by atoms with van der Waals surface area (Å²) in [6, 6.07) is 7.32. The van der Waals surface area contributed by atoms with Crippen molar-refractivity contribution in [1.82, 2.24) is 44.6 Å². The number of tetrazole rings is 1. The van der Waals surface area contributed by atoms with Gasteiger partial charge in [-0.25, -0.2) is 18.7 Å². The molecule has 0 aliphatic heterocycles. The third-order valence-electron chi connectivity index (χ3n) is 6.64. The number of nitrogens with zero attached hydrogens (tertiary/aromatic N) is 9. The van der Waals surface area contributed by atoms with Gasteiger partial charge in [-0.1, -0.05) is 18.2 Å². The minimum Gasteiger partial charge on any atom is -0.494 e. The van der Waals surface area contributed by atoms with Crippen molar-refractivity contribution < 1.29 is 13.9 Å². The highest BCUT2D eigenvalue weighted by atomic mass is 19.1. The molecule has 188 valence electrons. The number of carbonyl (C=O) groups excluding carboxylic acids is 1. The first kappa shape index (κ1) is 23.0. The average Bonchev–Trinajstić information content (AvgIpc) is 3.26. The lowest BCUT2D eigenvalue weighted by Crippen LogP contribution is -2.12. The zero-order chi connectivity index (χ0) is 25.5. The molecule has 1 aliphatic rings. The molecule has 0 saturated heterocycles. The normalized spacial score (nSPS) is 14.2. The fraction of sp³-hybridized carbons (Fsp3) is 0.320. The molecule has 6 rings (SSSR count). The van der Waals surface area contributed by atoms with Crippen LogP contribution in [-0.4, -0.2) is 57.5 Å². The number of hydrogen-bond donors (Lipinski definition) is 0. The van der Waals surface area contributed by atoms with Gasteiger partial charge in [-0.2, -0.15) is 0 Å². The van der Waals surface area contributed by atoms with Crippen molar-refractivity contribution in [3.63, 3.8) is 0 Å². The number of Topliss-reactive ketones (excluding diaryl/α,β-unsaturated/α-hetero) is 1. The molecule has 0 radical (unpaired) electrons. The Labute approximate surface area is 210 Å². The van der Waals surface area contributed by atoms with Crippen LogP contribution in [-0.2, 0) is 6.54 Å². The molecule has 1 unspecified atom stereocenters. The smallest absolute Gasteiger partial charge is 0.185 e. The van der Waals surface area contributed by atoms with Crippen LogP contribution < -0.4 is 4.74 Å². The van der Waals surface area contributed by atoms with Crippen molar-refractivity contribution in [1.29, 1.82) is 0 Å². The van der Waals surface area contributed by atoms with Gasteiger partial charge >= 0.3 is 0 Å². The molecule has 11 nitrogen and oxygen atoms in total. The summed E-state index contributed by atoms with van der Waals surface area (Å²) in [4.78, 5) is 17.7. The van der Waals surface area contributed by atoms with Crippen LogP contribution in [0.5, 0.6) is 5.75 Å². The van der Waals surface area contributed by atoms with E-state index in [0.717, 1.165) is 11.3 Å². The zero-order valence-electron chi connectivity index (χ0n) is 20.3. The van der Waals surface area contributed by atoms with Gasteiger partial charge in [0, 0.05) is 24.4 Å². The number of hydrogen-bond acceptors (Lipinski definition) is 8. The molecule has 12 heteroatoms. The summed E-state index contributed by atoms with van der Waals surface area (Å²) in [7, 11) is 1.39. The first-order valence-corrected chi connectivity index (χ1v) is 12.0. The topological polar surface area (TPSA) is 118 Å². The number of ketones is 1. The number of ether oxygens (including phenoxy) is 1. The van der Waals surface area contributed by atoms with E-state index in [4.69, 9.17) is 4.74 Å². The maximum atomic E-state index is 15.3. The Kier molecular flexibility index (Phi) is 5.70. The van der Waals surface area contributed by atoms with Crippen molar-refractivity contribution in [2.45, 2.75) is 44.6 Å². The number of carbonyl (C=O) groups is 1. The minimum absolute atomic E-state index is 0.0101. The average molecular weight is 502 g/mol. The predicted molar refractivity (Wildman–Crippen MR) is 129 cm³/mol. The molecule has 1 aromatic carbocycles. The summed E-state index contributed by atoms with van der Waals surface area (Å²) in [6.07, 6.45) is 9.56. The van der Waals surface area contributed by atoms with E-state index in [1.807, 2.05) is 16.7 Å². The maximum Gasteiger partial charge on any atom is 0.185 e. The van der Waals surface area contributed by atoms with Gasteiger partial charge in [-0.05, 0) is 58.9 Å². The Morgan fingerprint density at radius 2 is 2.03 bits per heavy atom. The summed E-state index contributed by atoms with van der Waals surface area (Å²) in [5.74, 6) is -0.584. The number of benzene rings is 1. The molecule has 37 heavy (non-hydrogen) atoms. The van der Waals surface area contributed by atoms with Gasteiger partial charge in [0.05, 0.1) is 31.2 Å². The van der Waals surface area contributed by atoms with Crippen LogP contribution in [0.3, 0.4) is 0 Å². The van der Waals surface area contributed by atoms with E-state index in [-0.39, 0.29) is 29.2 Å². The zero-order valence-corrected chi connectivity index (χ0v) is 20.3. The van der Waals surface area contributed by atoms with Gasteiger partial charge in [0.2, 0.25) is 0 Å². The van der Waals surface area contributed by atoms with Crippen molar-refractivity contribution in [3.8, 4) is 11.4 Å². The maximum absolute atomic E-state index is 15.3. The number of fused-ring (bicyclic) bond motifs is 1. The van der Waals surface area contributed by atoms with Crippen molar-refractivity contribution in [3.05, 3.63) is 77.5 Å². The van der Waals surface area contributed by atoms with Crippen molar-refractivity contribution in [2.24, 2.45) is 0 Å². The minimum atomic E-state index is -0.559. The van der Waals surface area contributed by atoms with E-state index in [9.17, 15) is 4.79 Å². The van der Waals surface area contributed by atoms with Crippen LogP contribution in [0.2, 0.25) is 0 Å². The predicted octanol–water partition coefficient (Wildman–Crippen LogP) is 3.35. The Bertz CT molecular complexity index is 1590. The second kappa shape index (κ2) is 9.19. The molecular weight excluding hydrogens is 477 g/mol. The number of rotatable bonds is 9. The lowest BCUT2D eigenvalue weighted by Gasteiger charge is -2.17. The van der Waals surface area contributed by atoms with Gasteiger partial charge in [0.15, 0.2) is 17.3 Å². The molecule has 1 fully saturated rings. The lowest BCUT2D eigenvalue weighted by molar-refractivity contribution is 0.0970. The van der Waals surface area contributed by atoms with Gasteiger partial charge in [-0.3, -0.25) is 4.79 Å². The Morgan fingerprint density at radius 1 is 1.16 bits per heavy atom. The van der Waals surface area contributed by atoms with Crippen LogP contribution in [0.25, 0.3) is 11.3 Å². The number of halogens is 1. The monoisotopic (exact) mass is 501 g/mol. The molecule has 1 aliphatic carbocycles. The highest BCUT2D eigenvalue weighted by Crippen LogP contribution is 2.40. The van der Waals surface area contributed by atoms with Crippen LogP contribution in [0.1, 0.15) is 65.3 Å². The van der Waals surface area contributed by atoms with Crippen molar-refractivity contribution >= 4 is 11.4 Å². The summed E-state index contributed by atoms with van der Waals surface area (Å²) >= 11 is 0. The molecule has 1 saturated carbocycles. The Morgan fingerprint density at radius 3 is 2.78 bits per heavy atom. The SMILES string of the molecule is COc1ccc(-n2cnnn2)c(C(C)CC(=O)c2cn(Cc3cn4cc(C5CC5)ccc4n3)nn2)c1F. The second-order valence-corrected chi connectivity index (χ2v) is 9.33. The summed E-state index contributed by atoms with van der Waals surface area (Å²) < 4.78 is 25.4. The van der Waals surface area contributed by atoms with Crippen LogP contribution >= 0.6 is 0 Å². The van der Waals surface area contributed by atoms with E-state index in [1.165, 1.54) is 42.6 Å². The van der Waals surface area contributed by atoms with Gasteiger partial charge in [0.1, 0.15) is 17.7 Å². The van der Waals surface area contributed by atoms with Crippen LogP contribution in [0, 0.1) is 5.82 Å². The van der Waals surface area contributed by atoms with Gasteiger partial charge < -0.3 is 9.14 Å². The molecule has 0 bridgehead atoms. The molecule has 4 aromatic heterocycles. The highest BCUT2D eigenvalue weighted by Gasteiger charge is 2.25. The standard InChI is InChI=1S/C25H24FN9O2/c1-15(24-20(35-14-27-30-32-35)6-7-22(37-2)25(24)26)9-21(36)19-13-34(31-29-19)12-18-11-33-10-17(16-3-4-16)5-8-23(33)28-18/h5-8,10-11,13-16H,3-4,9,12H2,1-2H3. The highest BCUT2D eigenvalue weighted by molar-refractivity contribution is 5.94. The number of aromatic nitrogens is 9. The molecule has 0 spiro atoms. The van der Waals surface area contributed by atoms with E-state index in [0.29, 0.717) is 18.2 Å². The van der Waals surface area contributed by atoms with E-state index in [2.05, 4.69) is 43.1 Å². The number of pyridine rings is 1. The first-order valence-electron chi connectivity index (χ1n) is 12.0. The fourth-order valence-corrected chi connectivity index (χ4v) is 4.61. The summed E-state index contributed by atoms with van der Waals surface area (Å²) in [5, 5.41) is 19.3. The Hall–Kier alpha value is -4.48. The van der Waals surface area contributed by atoms with Crippen molar-refractivity contribution in [2.75, 3.05) is 7.11 Å². The number of imidazole rings is 1.